The number of nitrogens with zero attached hydrogens (tertiary/aromatic N) is 3. The predicted octanol–water partition coefficient (Wildman–Crippen LogP) is 6.96. The fraction of sp³-hybridized carbons (Fsp3) is 0.593. The van der Waals surface area contributed by atoms with Gasteiger partial charge < -0.3 is 9.47 Å². The number of benzene rings is 1. The Morgan fingerprint density at radius 3 is 2.31 bits per heavy atom. The molecule has 1 heterocycles. The monoisotopic (exact) mass is 435 g/mol. The molecule has 0 amide bonds. The van der Waals surface area contributed by atoms with Crippen LogP contribution in [-0.2, 0) is 0 Å². The van der Waals surface area contributed by atoms with E-state index in [9.17, 15) is 5.26 Å². The molecule has 1 fully saturated rings. The van der Waals surface area contributed by atoms with Crippen molar-refractivity contribution in [2.24, 2.45) is 11.8 Å². The lowest BCUT2D eigenvalue weighted by Crippen LogP contribution is -2.20. The zero-order chi connectivity index (χ0) is 22.6. The van der Waals surface area contributed by atoms with E-state index in [1.54, 1.807) is 12.4 Å². The van der Waals surface area contributed by atoms with E-state index in [1.165, 1.54) is 51.4 Å². The molecule has 1 aromatic carbocycles. The molecule has 0 N–H and O–H groups in total. The minimum absolute atomic E-state index is 0.429. The van der Waals surface area contributed by atoms with Crippen LogP contribution in [0.1, 0.15) is 83.6 Å². The van der Waals surface area contributed by atoms with Crippen LogP contribution in [0.2, 0.25) is 0 Å². The number of hydrogen-bond acceptors (Lipinski definition) is 5. The Bertz CT molecular complexity index is 852. The third-order valence-electron chi connectivity index (χ3n) is 6.45. The lowest BCUT2D eigenvalue weighted by atomic mass is 9.80. The van der Waals surface area contributed by atoms with Gasteiger partial charge in [0.2, 0.25) is 0 Å². The van der Waals surface area contributed by atoms with Gasteiger partial charge in [-0.05, 0) is 48.8 Å². The summed E-state index contributed by atoms with van der Waals surface area (Å²) in [4.78, 5) is 8.79. The van der Waals surface area contributed by atoms with Crippen LogP contribution in [0.25, 0.3) is 11.1 Å². The van der Waals surface area contributed by atoms with Gasteiger partial charge >= 0.3 is 6.01 Å². The van der Waals surface area contributed by atoms with Gasteiger partial charge in [-0.2, -0.15) is 5.26 Å². The highest BCUT2D eigenvalue weighted by Gasteiger charge is 2.21. The molecule has 1 aliphatic rings. The second-order valence-corrected chi connectivity index (χ2v) is 8.97. The molecule has 0 atom stereocenters. The van der Waals surface area contributed by atoms with Crippen molar-refractivity contribution in [3.8, 4) is 29.0 Å². The summed E-state index contributed by atoms with van der Waals surface area (Å²) < 4.78 is 11.6. The molecular weight excluding hydrogens is 398 g/mol. The molecule has 5 heteroatoms. The van der Waals surface area contributed by atoms with Gasteiger partial charge in [0.15, 0.2) is 0 Å². The average Bonchev–Trinajstić information content (AvgIpc) is 2.84. The molecule has 5 nitrogen and oxygen atoms in total. The molecule has 1 aliphatic carbocycles. The van der Waals surface area contributed by atoms with Crippen LogP contribution in [0.4, 0.5) is 0 Å². The Morgan fingerprint density at radius 2 is 1.62 bits per heavy atom. The average molecular weight is 436 g/mol. The number of hydrogen-bond donors (Lipinski definition) is 0. The van der Waals surface area contributed by atoms with Crippen molar-refractivity contribution in [1.82, 2.24) is 9.97 Å². The van der Waals surface area contributed by atoms with Gasteiger partial charge in [-0.3, -0.25) is 0 Å². The van der Waals surface area contributed by atoms with Gasteiger partial charge in [-0.25, -0.2) is 9.97 Å². The lowest BCUT2D eigenvalue weighted by Gasteiger charge is -2.28. The maximum Gasteiger partial charge on any atom is 0.316 e. The topological polar surface area (TPSA) is 68.0 Å². The summed E-state index contributed by atoms with van der Waals surface area (Å²) >= 11 is 0. The van der Waals surface area contributed by atoms with Crippen LogP contribution >= 0.6 is 0 Å². The van der Waals surface area contributed by atoms with E-state index in [0.29, 0.717) is 36.5 Å². The van der Waals surface area contributed by atoms with Crippen LogP contribution in [0.5, 0.6) is 11.8 Å². The minimum Gasteiger partial charge on any atom is -0.492 e. The van der Waals surface area contributed by atoms with Gasteiger partial charge in [0.05, 0.1) is 18.8 Å². The van der Waals surface area contributed by atoms with Crippen molar-refractivity contribution in [3.05, 3.63) is 36.2 Å². The first-order valence-corrected chi connectivity index (χ1v) is 12.4. The molecule has 0 saturated heterocycles. The van der Waals surface area contributed by atoms with E-state index in [1.807, 2.05) is 18.2 Å². The molecule has 3 rings (SSSR count). The molecule has 0 radical (unpaired) electrons. The summed E-state index contributed by atoms with van der Waals surface area (Å²) in [6, 6.07) is 8.29. The second kappa shape index (κ2) is 13.1. The largest absolute Gasteiger partial charge is 0.492 e. The zero-order valence-corrected chi connectivity index (χ0v) is 19.7. The van der Waals surface area contributed by atoms with Crippen LogP contribution in [0.3, 0.4) is 0 Å². The van der Waals surface area contributed by atoms with Crippen molar-refractivity contribution in [2.75, 3.05) is 13.2 Å². The van der Waals surface area contributed by atoms with Crippen molar-refractivity contribution in [2.45, 2.75) is 78.1 Å². The Balaban J connectivity index is 1.48. The molecule has 0 aliphatic heterocycles. The Morgan fingerprint density at radius 1 is 0.906 bits per heavy atom. The van der Waals surface area contributed by atoms with E-state index < -0.39 is 0 Å². The van der Waals surface area contributed by atoms with Crippen LogP contribution in [0, 0.1) is 23.2 Å². The Kier molecular flexibility index (Phi) is 9.81. The molecule has 2 aromatic rings. The molecule has 32 heavy (non-hydrogen) atoms. The maximum absolute atomic E-state index is 9.47. The first kappa shape index (κ1) is 24.0. The molecule has 172 valence electrons. The maximum atomic E-state index is 9.47. The summed E-state index contributed by atoms with van der Waals surface area (Å²) in [6.07, 6.45) is 16.2. The number of rotatable bonds is 12. The number of nitriles is 1. The van der Waals surface area contributed by atoms with Crippen molar-refractivity contribution >= 4 is 0 Å². The summed E-state index contributed by atoms with van der Waals surface area (Å²) in [5.41, 5.74) is 2.29. The van der Waals surface area contributed by atoms with Gasteiger partial charge in [0.25, 0.3) is 0 Å². The Hall–Kier alpha value is -2.61. The molecule has 0 bridgehead atoms. The van der Waals surface area contributed by atoms with E-state index >= 15 is 0 Å². The van der Waals surface area contributed by atoms with Crippen molar-refractivity contribution < 1.29 is 9.47 Å². The van der Waals surface area contributed by atoms with E-state index in [4.69, 9.17) is 9.47 Å². The van der Waals surface area contributed by atoms with Gasteiger partial charge in [-0.15, -0.1) is 0 Å². The predicted molar refractivity (Wildman–Crippen MR) is 128 cm³/mol. The fourth-order valence-electron chi connectivity index (χ4n) is 4.35. The summed E-state index contributed by atoms with van der Waals surface area (Å²) in [5.74, 6) is 2.15. The first-order chi connectivity index (χ1) is 15.7. The smallest absolute Gasteiger partial charge is 0.316 e. The van der Waals surface area contributed by atoms with Gasteiger partial charge in [0, 0.05) is 18.0 Å². The van der Waals surface area contributed by atoms with Crippen LogP contribution in [0.15, 0.2) is 30.6 Å². The summed E-state index contributed by atoms with van der Waals surface area (Å²) in [7, 11) is 0. The molecule has 0 spiro atoms. The second-order valence-electron chi connectivity index (χ2n) is 8.97. The molecule has 1 saturated carbocycles. The summed E-state index contributed by atoms with van der Waals surface area (Å²) in [5, 5.41) is 9.47. The highest BCUT2D eigenvalue weighted by Crippen LogP contribution is 2.32. The third kappa shape index (κ3) is 7.22. The fourth-order valence-corrected chi connectivity index (χ4v) is 4.35. The molecule has 0 unspecified atom stereocenters. The van der Waals surface area contributed by atoms with Crippen LogP contribution < -0.4 is 9.47 Å². The zero-order valence-electron chi connectivity index (χ0n) is 19.7. The van der Waals surface area contributed by atoms with E-state index in [2.05, 4.69) is 29.9 Å². The third-order valence-corrected chi connectivity index (χ3v) is 6.45. The number of unbranched alkanes of at least 4 members (excludes halogenated alkanes) is 3. The van der Waals surface area contributed by atoms with E-state index in [0.717, 1.165) is 29.9 Å². The lowest BCUT2D eigenvalue weighted by molar-refractivity contribution is 0.169. The molecular formula is C27H37N3O2. The SMILES string of the molecule is CCCCCC1CCC(COc2ncc(-c3ccc(OCCCC)c(C#N)c3)cn2)CC1. The van der Waals surface area contributed by atoms with Crippen molar-refractivity contribution in [3.63, 3.8) is 0 Å². The van der Waals surface area contributed by atoms with Crippen LogP contribution in [-0.4, -0.2) is 23.2 Å². The standard InChI is InChI=1S/C27H37N3O2/c1-3-5-7-8-21-9-11-22(12-10-21)20-32-27-29-18-25(19-30-27)23-13-14-26(24(16-23)17-28)31-15-6-4-2/h13-14,16,18-19,21-22H,3-12,15,20H2,1-2H3. The highest BCUT2D eigenvalue weighted by atomic mass is 16.5. The normalized spacial score (nSPS) is 18.2. The van der Waals surface area contributed by atoms with E-state index in [-0.39, 0.29) is 0 Å². The van der Waals surface area contributed by atoms with Gasteiger partial charge in [0.1, 0.15) is 11.8 Å². The highest BCUT2D eigenvalue weighted by molar-refractivity contribution is 5.66. The first-order valence-electron chi connectivity index (χ1n) is 12.4. The summed E-state index contributed by atoms with van der Waals surface area (Å²) in [6.45, 7) is 5.71. The van der Waals surface area contributed by atoms with Crippen molar-refractivity contribution in [1.29, 1.82) is 5.26 Å². The number of ether oxygens (including phenoxy) is 2. The number of aromatic nitrogens is 2. The minimum atomic E-state index is 0.429. The quantitative estimate of drug-likeness (QED) is 0.337. The molecule has 1 aromatic heterocycles. The Labute approximate surface area is 193 Å². The van der Waals surface area contributed by atoms with Gasteiger partial charge in [-0.1, -0.05) is 64.9 Å².